The number of fused-ring (bicyclic) bond motifs is 1. The molecule has 0 unspecified atom stereocenters. The Hall–Kier alpha value is -2.95. The number of likely N-dealkylation sites (N-methyl/N-ethyl adjacent to an activating group) is 1. The van der Waals surface area contributed by atoms with Crippen LogP contribution in [0.25, 0.3) is 0 Å². The molecule has 1 fully saturated rings. The summed E-state index contributed by atoms with van der Waals surface area (Å²) < 4.78 is 28.8. The standard InChI is InChI=1S/C24H31N5O4S/c1-24(2)19-7-5-6-8-20(19)27(4)22(24)13-17(30)15-28-9-11-29(12-10-28)34(32,33)18-14-21(23(25)31)26(3)16-18/h5-8,13-14,16H,9-12,15H2,1-4H3,(H2,25,31)/b22-13-. The molecule has 2 aliphatic rings. The normalized spacial score (nSPS) is 20.0. The first-order chi connectivity index (χ1) is 15.9. The van der Waals surface area contributed by atoms with E-state index in [2.05, 4.69) is 30.9 Å². The summed E-state index contributed by atoms with van der Waals surface area (Å²) in [6.07, 6.45) is 3.12. The molecule has 34 heavy (non-hydrogen) atoms. The first kappa shape index (κ1) is 24.2. The van der Waals surface area contributed by atoms with Crippen LogP contribution in [0, 0.1) is 0 Å². The number of primary amides is 1. The van der Waals surface area contributed by atoms with Crippen LogP contribution < -0.4 is 10.6 Å². The second kappa shape index (κ2) is 8.68. The second-order valence-electron chi connectivity index (χ2n) is 9.41. The Morgan fingerprint density at radius 2 is 1.74 bits per heavy atom. The first-order valence-electron chi connectivity index (χ1n) is 11.2. The Balaban J connectivity index is 1.40. The number of carbonyl (C=O) groups is 2. The Morgan fingerprint density at radius 3 is 2.32 bits per heavy atom. The summed E-state index contributed by atoms with van der Waals surface area (Å²) >= 11 is 0. The van der Waals surface area contributed by atoms with Crippen molar-refractivity contribution in [2.45, 2.75) is 24.2 Å². The number of sulfonamides is 1. The van der Waals surface area contributed by atoms with Crippen LogP contribution in [0.1, 0.15) is 29.9 Å². The van der Waals surface area contributed by atoms with E-state index in [1.54, 1.807) is 13.1 Å². The van der Waals surface area contributed by atoms with Gasteiger partial charge in [0.25, 0.3) is 5.91 Å². The SMILES string of the molecule is CN1/C(=C\C(=O)CN2CCN(S(=O)(=O)c3cc(C(N)=O)n(C)c3)CC2)C(C)(C)c2ccccc21. The van der Waals surface area contributed by atoms with Gasteiger partial charge in [0.05, 0.1) is 6.54 Å². The maximum absolute atomic E-state index is 13.0. The highest BCUT2D eigenvalue weighted by molar-refractivity contribution is 7.89. The summed E-state index contributed by atoms with van der Waals surface area (Å²) in [7, 11) is -0.189. The number of piperazine rings is 1. The molecule has 0 spiro atoms. The van der Waals surface area contributed by atoms with Gasteiger partial charge in [-0.2, -0.15) is 4.31 Å². The zero-order valence-electron chi connectivity index (χ0n) is 20.0. The molecule has 0 radical (unpaired) electrons. The van der Waals surface area contributed by atoms with E-state index in [1.165, 1.54) is 26.7 Å². The van der Waals surface area contributed by atoms with Crippen molar-refractivity contribution in [2.75, 3.05) is 44.7 Å². The average molecular weight is 486 g/mol. The number of anilines is 1. The van der Waals surface area contributed by atoms with Crippen LogP contribution in [-0.2, 0) is 27.3 Å². The van der Waals surface area contributed by atoms with Crippen molar-refractivity contribution < 1.29 is 18.0 Å². The number of para-hydroxylation sites is 1. The van der Waals surface area contributed by atoms with Gasteiger partial charge in [-0.3, -0.25) is 14.5 Å². The maximum atomic E-state index is 13.0. The van der Waals surface area contributed by atoms with Crippen LogP contribution in [0.15, 0.2) is 53.2 Å². The van der Waals surface area contributed by atoms with Gasteiger partial charge in [0.1, 0.15) is 10.6 Å². The number of hydrogen-bond donors (Lipinski definition) is 1. The Morgan fingerprint density at radius 1 is 1.09 bits per heavy atom. The zero-order chi connectivity index (χ0) is 24.8. The molecule has 2 N–H and O–H groups in total. The number of hydrogen-bond acceptors (Lipinski definition) is 6. The van der Waals surface area contributed by atoms with Crippen LogP contribution in [0.5, 0.6) is 0 Å². The predicted octanol–water partition coefficient (Wildman–Crippen LogP) is 1.31. The smallest absolute Gasteiger partial charge is 0.265 e. The van der Waals surface area contributed by atoms with Crippen LogP contribution in [0.2, 0.25) is 0 Å². The lowest BCUT2D eigenvalue weighted by Gasteiger charge is -2.33. The van der Waals surface area contributed by atoms with Crippen LogP contribution in [0.4, 0.5) is 5.69 Å². The van der Waals surface area contributed by atoms with Gasteiger partial charge >= 0.3 is 0 Å². The summed E-state index contributed by atoms with van der Waals surface area (Å²) in [4.78, 5) is 28.5. The van der Waals surface area contributed by atoms with Gasteiger partial charge in [-0.15, -0.1) is 0 Å². The molecule has 3 heterocycles. The third-order valence-electron chi connectivity index (χ3n) is 6.82. The molecule has 1 amide bonds. The molecule has 0 saturated carbocycles. The number of aryl methyl sites for hydroxylation is 1. The van der Waals surface area contributed by atoms with Gasteiger partial charge in [-0.1, -0.05) is 32.0 Å². The second-order valence-corrected chi connectivity index (χ2v) is 11.4. The zero-order valence-corrected chi connectivity index (χ0v) is 20.8. The molecule has 9 nitrogen and oxygen atoms in total. The van der Waals surface area contributed by atoms with E-state index in [9.17, 15) is 18.0 Å². The van der Waals surface area contributed by atoms with Gasteiger partial charge < -0.3 is 15.2 Å². The minimum atomic E-state index is -3.75. The Kier molecular flexibility index (Phi) is 6.17. The number of nitrogens with zero attached hydrogens (tertiary/aromatic N) is 4. The quantitative estimate of drug-likeness (QED) is 0.618. The Labute approximate surface area is 200 Å². The largest absolute Gasteiger partial charge is 0.364 e. The van der Waals surface area contributed by atoms with Gasteiger partial charge in [0, 0.05) is 69.3 Å². The van der Waals surface area contributed by atoms with Crippen molar-refractivity contribution in [1.82, 2.24) is 13.8 Å². The minimum Gasteiger partial charge on any atom is -0.364 e. The molecule has 1 aromatic carbocycles. The van der Waals surface area contributed by atoms with Crippen molar-refractivity contribution in [3.8, 4) is 0 Å². The number of nitrogens with two attached hydrogens (primary N) is 1. The molecule has 0 aliphatic carbocycles. The topological polar surface area (TPSA) is 109 Å². The molecule has 0 bridgehead atoms. The lowest BCUT2D eigenvalue weighted by Crippen LogP contribution is -2.49. The first-order valence-corrected chi connectivity index (χ1v) is 12.6. The van der Waals surface area contributed by atoms with E-state index in [0.717, 1.165) is 11.4 Å². The van der Waals surface area contributed by atoms with Crippen molar-refractivity contribution in [2.24, 2.45) is 12.8 Å². The highest BCUT2D eigenvalue weighted by atomic mass is 32.2. The highest BCUT2D eigenvalue weighted by Gasteiger charge is 2.38. The van der Waals surface area contributed by atoms with Crippen LogP contribution >= 0.6 is 0 Å². The van der Waals surface area contributed by atoms with Crippen molar-refractivity contribution in [3.05, 3.63) is 59.6 Å². The number of aromatic nitrogens is 1. The van der Waals surface area contributed by atoms with Gasteiger partial charge in [0.15, 0.2) is 5.78 Å². The lowest BCUT2D eigenvalue weighted by molar-refractivity contribution is -0.116. The molecular formula is C24H31N5O4S. The molecular weight excluding hydrogens is 454 g/mol. The van der Waals surface area contributed by atoms with Gasteiger partial charge in [-0.25, -0.2) is 8.42 Å². The van der Waals surface area contributed by atoms with Crippen molar-refractivity contribution in [3.63, 3.8) is 0 Å². The summed E-state index contributed by atoms with van der Waals surface area (Å²) in [5.74, 6) is -0.686. The number of benzene rings is 1. The summed E-state index contributed by atoms with van der Waals surface area (Å²) in [6, 6.07) is 9.46. The molecule has 2 aliphatic heterocycles. The third-order valence-corrected chi connectivity index (χ3v) is 8.68. The maximum Gasteiger partial charge on any atom is 0.265 e. The molecule has 4 rings (SSSR count). The van der Waals surface area contributed by atoms with E-state index in [4.69, 9.17) is 5.73 Å². The minimum absolute atomic E-state index is 0.00630. The average Bonchev–Trinajstić information content (AvgIpc) is 3.27. The summed E-state index contributed by atoms with van der Waals surface area (Å²) in [5.41, 5.74) is 8.42. The van der Waals surface area contributed by atoms with Gasteiger partial charge in [-0.05, 0) is 17.7 Å². The number of allylic oxidation sites excluding steroid dienone is 1. The third kappa shape index (κ3) is 4.17. The fourth-order valence-electron chi connectivity index (χ4n) is 4.87. The van der Waals surface area contributed by atoms with Crippen molar-refractivity contribution >= 4 is 27.4 Å². The van der Waals surface area contributed by atoms with E-state index >= 15 is 0 Å². The van der Waals surface area contributed by atoms with E-state index in [-0.39, 0.29) is 41.4 Å². The number of rotatable bonds is 6. The number of amides is 1. The predicted molar refractivity (Wildman–Crippen MR) is 130 cm³/mol. The molecule has 0 atom stereocenters. The van der Waals surface area contributed by atoms with Crippen LogP contribution in [0.3, 0.4) is 0 Å². The lowest BCUT2D eigenvalue weighted by atomic mass is 9.83. The molecule has 182 valence electrons. The van der Waals surface area contributed by atoms with E-state index in [0.29, 0.717) is 13.1 Å². The van der Waals surface area contributed by atoms with E-state index < -0.39 is 15.9 Å². The van der Waals surface area contributed by atoms with Crippen molar-refractivity contribution in [1.29, 1.82) is 0 Å². The molecule has 1 saturated heterocycles. The molecule has 1 aromatic heterocycles. The number of carbonyl (C=O) groups excluding carboxylic acids is 2. The van der Waals surface area contributed by atoms with Crippen LogP contribution in [-0.4, -0.2) is 73.7 Å². The highest BCUT2D eigenvalue weighted by Crippen LogP contribution is 2.46. The monoisotopic (exact) mass is 485 g/mol. The Bertz CT molecular complexity index is 1270. The van der Waals surface area contributed by atoms with E-state index in [1.807, 2.05) is 24.1 Å². The van der Waals surface area contributed by atoms with Gasteiger partial charge in [0.2, 0.25) is 10.0 Å². The molecule has 10 heteroatoms. The molecule has 2 aromatic rings. The number of ketones is 1. The summed E-state index contributed by atoms with van der Waals surface area (Å²) in [5, 5.41) is 0. The fourth-order valence-corrected chi connectivity index (χ4v) is 6.37. The fraction of sp³-hybridized carbons (Fsp3) is 0.417. The summed E-state index contributed by atoms with van der Waals surface area (Å²) in [6.45, 7) is 5.89.